The molecule has 0 bridgehead atoms. The Hall–Kier alpha value is -3.20. The number of amides is 1. The van der Waals surface area contributed by atoms with Crippen LogP contribution in [0, 0.1) is 17.0 Å². The van der Waals surface area contributed by atoms with Crippen molar-refractivity contribution in [3.05, 3.63) is 63.7 Å². The average molecular weight is 370 g/mol. The van der Waals surface area contributed by atoms with Gasteiger partial charge in [0.25, 0.3) is 11.6 Å². The number of aromatic nitrogens is 2. The van der Waals surface area contributed by atoms with Crippen LogP contribution in [0.4, 0.5) is 11.7 Å². The summed E-state index contributed by atoms with van der Waals surface area (Å²) in [5.74, 6) is -0.299. The van der Waals surface area contributed by atoms with Crippen LogP contribution in [0.2, 0.25) is 0 Å². The highest BCUT2D eigenvalue weighted by Crippen LogP contribution is 2.25. The van der Waals surface area contributed by atoms with E-state index in [0.29, 0.717) is 5.56 Å². The van der Waals surface area contributed by atoms with E-state index in [1.54, 1.807) is 18.7 Å². The van der Waals surface area contributed by atoms with Gasteiger partial charge >= 0.3 is 6.01 Å². The topological polar surface area (TPSA) is 111 Å². The van der Waals surface area contributed by atoms with Crippen molar-refractivity contribution in [3.63, 3.8) is 0 Å². The van der Waals surface area contributed by atoms with E-state index in [0.717, 1.165) is 10.5 Å². The van der Waals surface area contributed by atoms with E-state index in [1.165, 1.54) is 18.2 Å². The van der Waals surface area contributed by atoms with Gasteiger partial charge < -0.3 is 4.42 Å². The van der Waals surface area contributed by atoms with E-state index >= 15 is 0 Å². The first-order valence-electron chi connectivity index (χ1n) is 7.52. The molecular formula is C17H14N4O4S. The molecule has 3 rings (SSSR count). The zero-order valence-electron chi connectivity index (χ0n) is 13.9. The highest BCUT2D eigenvalue weighted by atomic mass is 32.2. The highest BCUT2D eigenvalue weighted by Gasteiger charge is 2.17. The van der Waals surface area contributed by atoms with Crippen LogP contribution in [0.1, 0.15) is 15.9 Å². The number of hydrogen-bond donors (Lipinski definition) is 1. The van der Waals surface area contributed by atoms with E-state index in [-0.39, 0.29) is 23.2 Å². The van der Waals surface area contributed by atoms with E-state index in [4.69, 9.17) is 4.42 Å². The van der Waals surface area contributed by atoms with Crippen LogP contribution >= 0.6 is 11.8 Å². The Kier molecular flexibility index (Phi) is 4.99. The first kappa shape index (κ1) is 17.6. The van der Waals surface area contributed by atoms with Gasteiger partial charge in [0.15, 0.2) is 0 Å². The number of carbonyl (C=O) groups excluding carboxylic acids is 1. The van der Waals surface area contributed by atoms with Crippen LogP contribution in [0.15, 0.2) is 51.8 Å². The Bertz CT molecular complexity index is 986. The summed E-state index contributed by atoms with van der Waals surface area (Å²) in [5, 5.41) is 21.2. The summed E-state index contributed by atoms with van der Waals surface area (Å²) in [6.07, 6.45) is 1.96. The maximum atomic E-state index is 12.3. The fourth-order valence-electron chi connectivity index (χ4n) is 2.26. The maximum absolute atomic E-state index is 12.3. The van der Waals surface area contributed by atoms with E-state index in [2.05, 4.69) is 15.5 Å². The number of aryl methyl sites for hydroxylation is 1. The third-order valence-corrected chi connectivity index (χ3v) is 4.36. The molecule has 8 nitrogen and oxygen atoms in total. The number of rotatable bonds is 5. The van der Waals surface area contributed by atoms with Crippen molar-refractivity contribution in [1.29, 1.82) is 0 Å². The van der Waals surface area contributed by atoms with E-state index in [9.17, 15) is 14.9 Å². The molecule has 26 heavy (non-hydrogen) atoms. The lowest BCUT2D eigenvalue weighted by atomic mass is 10.1. The predicted molar refractivity (Wildman–Crippen MR) is 97.3 cm³/mol. The molecule has 0 radical (unpaired) electrons. The third kappa shape index (κ3) is 3.72. The van der Waals surface area contributed by atoms with Crippen molar-refractivity contribution in [3.8, 4) is 11.5 Å². The number of carbonyl (C=O) groups is 1. The van der Waals surface area contributed by atoms with Crippen molar-refractivity contribution in [2.75, 3.05) is 11.6 Å². The predicted octanol–water partition coefficient (Wildman–Crippen LogP) is 3.93. The van der Waals surface area contributed by atoms with Gasteiger partial charge in [-0.2, -0.15) is 0 Å². The molecule has 132 valence electrons. The van der Waals surface area contributed by atoms with Gasteiger partial charge in [-0.05, 0) is 37.4 Å². The summed E-state index contributed by atoms with van der Waals surface area (Å²) in [6, 6.07) is 11.7. The molecule has 1 N–H and O–H groups in total. The summed E-state index contributed by atoms with van der Waals surface area (Å²) in [6.45, 7) is 1.60. The van der Waals surface area contributed by atoms with Crippen LogP contribution < -0.4 is 5.32 Å². The minimum atomic E-state index is -0.568. The van der Waals surface area contributed by atoms with Crippen LogP contribution in [0.3, 0.4) is 0 Å². The second kappa shape index (κ2) is 7.36. The summed E-state index contributed by atoms with van der Waals surface area (Å²) >= 11 is 1.58. The largest absolute Gasteiger partial charge is 0.403 e. The maximum Gasteiger partial charge on any atom is 0.322 e. The number of hydrogen-bond acceptors (Lipinski definition) is 7. The zero-order valence-corrected chi connectivity index (χ0v) is 14.7. The van der Waals surface area contributed by atoms with Gasteiger partial charge in [-0.3, -0.25) is 20.2 Å². The normalized spacial score (nSPS) is 10.5. The Morgan fingerprint density at radius 3 is 2.77 bits per heavy atom. The van der Waals surface area contributed by atoms with Crippen LogP contribution in [-0.4, -0.2) is 27.3 Å². The van der Waals surface area contributed by atoms with Gasteiger partial charge in [-0.25, -0.2) is 0 Å². The minimum Gasteiger partial charge on any atom is -0.403 e. The third-order valence-electron chi connectivity index (χ3n) is 3.63. The quantitative estimate of drug-likeness (QED) is 0.411. The smallest absolute Gasteiger partial charge is 0.322 e. The molecule has 0 saturated carbocycles. The van der Waals surface area contributed by atoms with E-state index in [1.807, 2.05) is 30.5 Å². The van der Waals surface area contributed by atoms with Gasteiger partial charge in [0, 0.05) is 27.7 Å². The monoisotopic (exact) mass is 370 g/mol. The van der Waals surface area contributed by atoms with Gasteiger partial charge in [0.2, 0.25) is 5.89 Å². The molecule has 0 spiro atoms. The molecule has 2 aromatic carbocycles. The fourth-order valence-corrected chi connectivity index (χ4v) is 2.72. The Labute approximate surface area is 152 Å². The molecule has 0 atom stereocenters. The molecule has 1 aromatic heterocycles. The standard InChI is InChI=1S/C17H14N4O4S/c1-10-6-7-11(9-14(10)21(23)24)15(22)18-17-20-19-16(25-17)12-4-3-5-13(8-12)26-2/h3-9H,1-2H3,(H,18,20,22). The molecule has 1 amide bonds. The molecule has 0 unspecified atom stereocenters. The SMILES string of the molecule is CSc1cccc(-c2nnc(NC(=O)c3ccc(C)c([N+](=O)[O-])c3)o2)c1. The zero-order chi connectivity index (χ0) is 18.7. The summed E-state index contributed by atoms with van der Waals surface area (Å²) in [5.41, 5.74) is 1.21. The molecule has 9 heteroatoms. The lowest BCUT2D eigenvalue weighted by molar-refractivity contribution is -0.385. The molecule has 0 aliphatic rings. The van der Waals surface area contributed by atoms with Crippen molar-refractivity contribution < 1.29 is 14.1 Å². The second-order valence-corrected chi connectivity index (χ2v) is 6.24. The minimum absolute atomic E-state index is 0.0808. The lowest BCUT2D eigenvalue weighted by Crippen LogP contribution is -2.12. The lowest BCUT2D eigenvalue weighted by Gasteiger charge is -2.02. The number of nitrogens with zero attached hydrogens (tertiary/aromatic N) is 3. The number of anilines is 1. The van der Waals surface area contributed by atoms with Crippen LogP contribution in [0.5, 0.6) is 0 Å². The van der Waals surface area contributed by atoms with Gasteiger partial charge in [0.1, 0.15) is 0 Å². The van der Waals surface area contributed by atoms with Crippen molar-refractivity contribution in [2.24, 2.45) is 0 Å². The summed E-state index contributed by atoms with van der Waals surface area (Å²) in [4.78, 5) is 23.8. The fraction of sp³-hybridized carbons (Fsp3) is 0.118. The molecule has 0 aliphatic carbocycles. The highest BCUT2D eigenvalue weighted by molar-refractivity contribution is 7.98. The first-order chi connectivity index (χ1) is 12.5. The van der Waals surface area contributed by atoms with Gasteiger partial charge in [-0.1, -0.05) is 17.2 Å². The molecular weight excluding hydrogens is 356 g/mol. The Balaban J connectivity index is 1.80. The molecule has 0 saturated heterocycles. The second-order valence-electron chi connectivity index (χ2n) is 5.36. The molecule has 3 aromatic rings. The number of nitro groups is 1. The van der Waals surface area contributed by atoms with E-state index < -0.39 is 10.8 Å². The van der Waals surface area contributed by atoms with Gasteiger partial charge in [-0.15, -0.1) is 16.9 Å². The molecule has 0 aliphatic heterocycles. The first-order valence-corrected chi connectivity index (χ1v) is 8.74. The molecule has 0 fully saturated rings. The number of thioether (sulfide) groups is 1. The number of nitrogens with one attached hydrogen (secondary N) is 1. The molecule has 1 heterocycles. The number of benzene rings is 2. The summed E-state index contributed by atoms with van der Waals surface area (Å²) < 4.78 is 5.47. The average Bonchev–Trinajstić information content (AvgIpc) is 3.10. The Morgan fingerprint density at radius 2 is 2.04 bits per heavy atom. The van der Waals surface area contributed by atoms with Crippen molar-refractivity contribution in [1.82, 2.24) is 10.2 Å². The Morgan fingerprint density at radius 1 is 1.23 bits per heavy atom. The van der Waals surface area contributed by atoms with Crippen LogP contribution in [0.25, 0.3) is 11.5 Å². The van der Waals surface area contributed by atoms with Crippen molar-refractivity contribution in [2.45, 2.75) is 11.8 Å². The van der Waals surface area contributed by atoms with Crippen LogP contribution in [-0.2, 0) is 0 Å². The number of nitro benzene ring substituents is 1. The van der Waals surface area contributed by atoms with Gasteiger partial charge in [0.05, 0.1) is 4.92 Å². The van der Waals surface area contributed by atoms with Crippen molar-refractivity contribution >= 4 is 29.4 Å². The summed E-state index contributed by atoms with van der Waals surface area (Å²) in [7, 11) is 0.